The van der Waals surface area contributed by atoms with Gasteiger partial charge in [0.1, 0.15) is 11.2 Å². The highest BCUT2D eigenvalue weighted by Gasteiger charge is 2.22. The topological polar surface area (TPSA) is 16.4 Å². The van der Waals surface area contributed by atoms with E-state index in [1.165, 1.54) is 49.7 Å². The number of anilines is 3. The smallest absolute Gasteiger partial charge is 0.145 e. The molecule has 0 atom stereocenters. The lowest BCUT2D eigenvalue weighted by Gasteiger charge is -2.27. The molecule has 1 heterocycles. The maximum atomic E-state index is 6.75. The molecule has 0 aliphatic rings. The van der Waals surface area contributed by atoms with Gasteiger partial charge in [-0.1, -0.05) is 182 Å². The van der Waals surface area contributed by atoms with Gasteiger partial charge in [0.2, 0.25) is 0 Å². The normalized spacial score (nSPS) is 11.3. The third-order valence-electron chi connectivity index (χ3n) is 11.7. The van der Waals surface area contributed by atoms with Crippen LogP contribution >= 0.6 is 0 Å². The van der Waals surface area contributed by atoms with Crippen molar-refractivity contribution in [2.75, 3.05) is 4.90 Å². The molecule has 0 aliphatic carbocycles. The van der Waals surface area contributed by atoms with Crippen LogP contribution in [0.2, 0.25) is 0 Å². The van der Waals surface area contributed by atoms with Crippen LogP contribution in [0, 0.1) is 0 Å². The van der Waals surface area contributed by atoms with Crippen LogP contribution in [0.1, 0.15) is 0 Å². The molecular formula is C58H39NO. The number of hydrogen-bond acceptors (Lipinski definition) is 2. The van der Waals surface area contributed by atoms with Crippen LogP contribution in [0.5, 0.6) is 0 Å². The summed E-state index contributed by atoms with van der Waals surface area (Å²) in [6.45, 7) is 0. The van der Waals surface area contributed by atoms with E-state index in [-0.39, 0.29) is 0 Å². The fourth-order valence-corrected chi connectivity index (χ4v) is 8.71. The molecule has 0 amide bonds. The van der Waals surface area contributed by atoms with Crippen LogP contribution in [0.15, 0.2) is 241 Å². The molecule has 11 rings (SSSR count). The Morgan fingerprint density at radius 1 is 0.300 bits per heavy atom. The molecule has 0 radical (unpaired) electrons. The van der Waals surface area contributed by atoms with Crippen molar-refractivity contribution in [3.63, 3.8) is 0 Å². The molecule has 0 saturated heterocycles. The summed E-state index contributed by atoms with van der Waals surface area (Å²) in [6.07, 6.45) is 0. The van der Waals surface area contributed by atoms with Gasteiger partial charge in [-0.25, -0.2) is 0 Å². The molecule has 0 aliphatic heterocycles. The van der Waals surface area contributed by atoms with E-state index in [0.717, 1.165) is 55.7 Å². The molecule has 0 fully saturated rings. The first kappa shape index (κ1) is 35.2. The van der Waals surface area contributed by atoms with E-state index < -0.39 is 0 Å². The summed E-state index contributed by atoms with van der Waals surface area (Å²) in [7, 11) is 0. The van der Waals surface area contributed by atoms with Crippen LogP contribution < -0.4 is 4.90 Å². The van der Waals surface area contributed by atoms with Crippen molar-refractivity contribution in [3.8, 4) is 55.6 Å². The number of benzene rings is 10. The van der Waals surface area contributed by atoms with Crippen molar-refractivity contribution in [2.24, 2.45) is 0 Å². The lowest BCUT2D eigenvalue weighted by molar-refractivity contribution is 0.670. The summed E-state index contributed by atoms with van der Waals surface area (Å²) in [5, 5.41) is 4.64. The molecule has 0 spiro atoms. The molecule has 1 aromatic heterocycles. The molecule has 282 valence electrons. The van der Waals surface area contributed by atoms with Gasteiger partial charge in [0.05, 0.1) is 11.1 Å². The SMILES string of the molecule is c1ccc(-c2cccc(-c3ccccc3-c3ccc(N(c4ccc(-c5ccc6ccccc6c5)cc4)c4ccc(-c5ccccc5)c5oc6ccccc6c45)cc3)c2)cc1. The van der Waals surface area contributed by atoms with Gasteiger partial charge in [0, 0.05) is 22.3 Å². The fourth-order valence-electron chi connectivity index (χ4n) is 8.71. The summed E-state index contributed by atoms with van der Waals surface area (Å²) in [5.41, 5.74) is 16.6. The summed E-state index contributed by atoms with van der Waals surface area (Å²) >= 11 is 0. The van der Waals surface area contributed by atoms with Crippen molar-refractivity contribution >= 4 is 49.8 Å². The summed E-state index contributed by atoms with van der Waals surface area (Å²) in [4.78, 5) is 2.38. The summed E-state index contributed by atoms with van der Waals surface area (Å²) in [5.74, 6) is 0. The average molecular weight is 766 g/mol. The van der Waals surface area contributed by atoms with Crippen molar-refractivity contribution in [2.45, 2.75) is 0 Å². The Hall–Kier alpha value is -7.94. The molecule has 2 nitrogen and oxygen atoms in total. The minimum atomic E-state index is 0.868. The van der Waals surface area contributed by atoms with Gasteiger partial charge in [-0.2, -0.15) is 0 Å². The maximum absolute atomic E-state index is 6.75. The van der Waals surface area contributed by atoms with Crippen molar-refractivity contribution in [1.82, 2.24) is 0 Å². The van der Waals surface area contributed by atoms with E-state index in [2.05, 4.69) is 235 Å². The Bertz CT molecular complexity index is 3290. The number of para-hydroxylation sites is 1. The predicted octanol–water partition coefficient (Wildman–Crippen LogP) is 16.5. The third kappa shape index (κ3) is 6.41. The molecule has 60 heavy (non-hydrogen) atoms. The van der Waals surface area contributed by atoms with E-state index in [1.54, 1.807) is 0 Å². The highest BCUT2D eigenvalue weighted by molar-refractivity contribution is 6.17. The van der Waals surface area contributed by atoms with E-state index in [4.69, 9.17) is 4.42 Å². The fraction of sp³-hybridized carbons (Fsp3) is 0. The second-order valence-electron chi connectivity index (χ2n) is 15.3. The zero-order valence-corrected chi connectivity index (χ0v) is 32.9. The molecule has 0 saturated carbocycles. The van der Waals surface area contributed by atoms with Gasteiger partial charge in [-0.3, -0.25) is 0 Å². The lowest BCUT2D eigenvalue weighted by atomic mass is 9.92. The van der Waals surface area contributed by atoms with Crippen LogP contribution in [-0.4, -0.2) is 0 Å². The van der Waals surface area contributed by atoms with Crippen molar-refractivity contribution < 1.29 is 4.42 Å². The largest absolute Gasteiger partial charge is 0.455 e. The summed E-state index contributed by atoms with van der Waals surface area (Å²) in [6, 6.07) is 84.8. The van der Waals surface area contributed by atoms with Crippen LogP contribution in [-0.2, 0) is 0 Å². The Morgan fingerprint density at radius 2 is 0.817 bits per heavy atom. The number of nitrogens with zero attached hydrogens (tertiary/aromatic N) is 1. The molecule has 2 heteroatoms. The molecule has 0 bridgehead atoms. The van der Waals surface area contributed by atoms with Gasteiger partial charge in [0.25, 0.3) is 0 Å². The molecule has 0 unspecified atom stereocenters. The molecular weight excluding hydrogens is 727 g/mol. The minimum absolute atomic E-state index is 0.868. The van der Waals surface area contributed by atoms with E-state index in [1.807, 2.05) is 6.07 Å². The Kier molecular flexibility index (Phi) is 8.87. The lowest BCUT2D eigenvalue weighted by Crippen LogP contribution is -2.10. The van der Waals surface area contributed by atoms with E-state index in [9.17, 15) is 0 Å². The van der Waals surface area contributed by atoms with Gasteiger partial charge in [-0.15, -0.1) is 0 Å². The average Bonchev–Trinajstić information content (AvgIpc) is 3.73. The van der Waals surface area contributed by atoms with Crippen LogP contribution in [0.25, 0.3) is 88.3 Å². The van der Waals surface area contributed by atoms with Gasteiger partial charge >= 0.3 is 0 Å². The Balaban J connectivity index is 1.05. The van der Waals surface area contributed by atoms with E-state index >= 15 is 0 Å². The zero-order valence-electron chi connectivity index (χ0n) is 32.9. The van der Waals surface area contributed by atoms with E-state index in [0.29, 0.717) is 0 Å². The first-order valence-electron chi connectivity index (χ1n) is 20.5. The Labute approximate surface area is 349 Å². The van der Waals surface area contributed by atoms with Crippen molar-refractivity contribution in [1.29, 1.82) is 0 Å². The number of fused-ring (bicyclic) bond motifs is 4. The number of furan rings is 1. The van der Waals surface area contributed by atoms with Gasteiger partial charge < -0.3 is 9.32 Å². The quantitative estimate of drug-likeness (QED) is 0.153. The second-order valence-corrected chi connectivity index (χ2v) is 15.3. The minimum Gasteiger partial charge on any atom is -0.455 e. The molecule has 0 N–H and O–H groups in total. The van der Waals surface area contributed by atoms with Gasteiger partial charge in [0.15, 0.2) is 0 Å². The van der Waals surface area contributed by atoms with Crippen LogP contribution in [0.4, 0.5) is 17.1 Å². The molecule has 10 aromatic carbocycles. The highest BCUT2D eigenvalue weighted by Crippen LogP contribution is 2.47. The zero-order chi connectivity index (χ0) is 39.8. The van der Waals surface area contributed by atoms with Crippen molar-refractivity contribution in [3.05, 3.63) is 237 Å². The third-order valence-corrected chi connectivity index (χ3v) is 11.7. The monoisotopic (exact) mass is 765 g/mol. The number of hydrogen-bond donors (Lipinski definition) is 0. The first-order valence-corrected chi connectivity index (χ1v) is 20.5. The van der Waals surface area contributed by atoms with Gasteiger partial charge in [-0.05, 0) is 115 Å². The summed E-state index contributed by atoms with van der Waals surface area (Å²) < 4.78 is 6.75. The standard InChI is InChI=1S/C58H39NO/c1-3-14-40(15-4-1)46-20-13-21-48(39-46)52-23-10-9-22-51(52)44-30-34-50(35-31-44)59(49-32-28-42(29-33-49)47-27-26-41-16-7-8-19-45(41)38-47)55-37-36-53(43-17-5-2-6-18-43)58-57(55)54-24-11-12-25-56(54)60-58/h1-39H. The number of rotatable bonds is 8. The predicted molar refractivity (Wildman–Crippen MR) is 253 cm³/mol. The highest BCUT2D eigenvalue weighted by atomic mass is 16.3. The van der Waals surface area contributed by atoms with Crippen LogP contribution in [0.3, 0.4) is 0 Å². The second kappa shape index (κ2) is 15.1. The Morgan fingerprint density at radius 3 is 1.57 bits per heavy atom. The first-order chi connectivity index (χ1) is 29.7. The molecule has 11 aromatic rings. The maximum Gasteiger partial charge on any atom is 0.145 e.